The standard InChI is InChI=1S/C18H26O5/c1-2-3-13-23-17(22)18(16(20)21,11-7-8-12-19)14-15-9-5-4-6-10-15/h4-6,9-10,19H,2-3,7-8,11-14H2,1H3,(H,20,21). The summed E-state index contributed by atoms with van der Waals surface area (Å²) >= 11 is 0. The molecule has 0 heterocycles. The van der Waals surface area contributed by atoms with E-state index in [1.807, 2.05) is 37.3 Å². The van der Waals surface area contributed by atoms with Gasteiger partial charge in [-0.3, -0.25) is 9.59 Å². The fourth-order valence-electron chi connectivity index (χ4n) is 2.46. The van der Waals surface area contributed by atoms with Gasteiger partial charge in [0.2, 0.25) is 0 Å². The smallest absolute Gasteiger partial charge is 0.323 e. The maximum Gasteiger partial charge on any atom is 0.323 e. The van der Waals surface area contributed by atoms with Crippen LogP contribution < -0.4 is 0 Å². The van der Waals surface area contributed by atoms with Gasteiger partial charge in [0.05, 0.1) is 6.61 Å². The Hall–Kier alpha value is -1.88. The van der Waals surface area contributed by atoms with E-state index in [0.29, 0.717) is 19.3 Å². The Labute approximate surface area is 137 Å². The number of aliphatic carboxylic acids is 1. The van der Waals surface area contributed by atoms with Gasteiger partial charge in [-0.05, 0) is 37.7 Å². The predicted molar refractivity (Wildman–Crippen MR) is 87.0 cm³/mol. The molecule has 5 nitrogen and oxygen atoms in total. The molecule has 0 fully saturated rings. The Morgan fingerprint density at radius 3 is 2.39 bits per heavy atom. The number of unbranched alkanes of at least 4 members (excludes halogenated alkanes) is 2. The minimum Gasteiger partial charge on any atom is -0.480 e. The number of hydrogen-bond acceptors (Lipinski definition) is 4. The number of aliphatic hydroxyl groups is 1. The van der Waals surface area contributed by atoms with Crippen molar-refractivity contribution in [1.82, 2.24) is 0 Å². The lowest BCUT2D eigenvalue weighted by atomic mass is 9.77. The van der Waals surface area contributed by atoms with Gasteiger partial charge in [0.1, 0.15) is 0 Å². The minimum atomic E-state index is -1.59. The van der Waals surface area contributed by atoms with Crippen LogP contribution in [0.25, 0.3) is 0 Å². The van der Waals surface area contributed by atoms with Gasteiger partial charge in [0.15, 0.2) is 5.41 Å². The van der Waals surface area contributed by atoms with Gasteiger partial charge in [-0.2, -0.15) is 0 Å². The first-order chi connectivity index (χ1) is 11.1. The molecule has 0 spiro atoms. The fraction of sp³-hybridized carbons (Fsp3) is 0.556. The third-order valence-corrected chi connectivity index (χ3v) is 3.89. The number of aliphatic hydroxyl groups excluding tert-OH is 1. The summed E-state index contributed by atoms with van der Waals surface area (Å²) in [5.41, 5.74) is -0.809. The lowest BCUT2D eigenvalue weighted by Gasteiger charge is -2.27. The van der Waals surface area contributed by atoms with E-state index in [1.54, 1.807) is 0 Å². The molecule has 0 saturated carbocycles. The summed E-state index contributed by atoms with van der Waals surface area (Å²) in [6.45, 7) is 2.19. The monoisotopic (exact) mass is 322 g/mol. The third kappa shape index (κ3) is 5.67. The van der Waals surface area contributed by atoms with Gasteiger partial charge in [-0.1, -0.05) is 43.7 Å². The van der Waals surface area contributed by atoms with Crippen LogP contribution in [0, 0.1) is 5.41 Å². The summed E-state index contributed by atoms with van der Waals surface area (Å²) < 4.78 is 5.23. The number of benzene rings is 1. The van der Waals surface area contributed by atoms with Crippen molar-refractivity contribution in [3.8, 4) is 0 Å². The van der Waals surface area contributed by atoms with Crippen molar-refractivity contribution < 1.29 is 24.5 Å². The lowest BCUT2D eigenvalue weighted by molar-refractivity contribution is -0.169. The lowest BCUT2D eigenvalue weighted by Crippen LogP contribution is -2.43. The summed E-state index contributed by atoms with van der Waals surface area (Å²) in [5, 5.41) is 18.7. The van der Waals surface area contributed by atoms with Crippen LogP contribution in [-0.2, 0) is 20.7 Å². The average molecular weight is 322 g/mol. The maximum atomic E-state index is 12.5. The summed E-state index contributed by atoms with van der Waals surface area (Å²) in [6.07, 6.45) is 2.76. The van der Waals surface area contributed by atoms with Crippen molar-refractivity contribution in [2.45, 2.75) is 45.4 Å². The largest absolute Gasteiger partial charge is 0.480 e. The first-order valence-electron chi connectivity index (χ1n) is 8.12. The van der Waals surface area contributed by atoms with Crippen LogP contribution in [0.1, 0.15) is 44.6 Å². The van der Waals surface area contributed by atoms with Gasteiger partial charge >= 0.3 is 11.9 Å². The maximum absolute atomic E-state index is 12.5. The first kappa shape index (κ1) is 19.2. The van der Waals surface area contributed by atoms with Crippen LogP contribution in [0.15, 0.2) is 30.3 Å². The Balaban J connectivity index is 2.98. The molecule has 128 valence electrons. The van der Waals surface area contributed by atoms with Crippen LogP contribution >= 0.6 is 0 Å². The van der Waals surface area contributed by atoms with Crippen LogP contribution in [0.5, 0.6) is 0 Å². The Kier molecular flexibility index (Phi) is 8.33. The quantitative estimate of drug-likeness (QED) is 0.372. The summed E-state index contributed by atoms with van der Waals surface area (Å²) in [7, 11) is 0. The van der Waals surface area contributed by atoms with E-state index in [2.05, 4.69) is 0 Å². The first-order valence-corrected chi connectivity index (χ1v) is 8.12. The minimum absolute atomic E-state index is 0.0219. The van der Waals surface area contributed by atoms with Crippen LogP contribution in [0.4, 0.5) is 0 Å². The summed E-state index contributed by atoms with van der Waals surface area (Å²) in [4.78, 5) is 24.4. The van der Waals surface area contributed by atoms with Crippen molar-refractivity contribution >= 4 is 11.9 Å². The fourth-order valence-corrected chi connectivity index (χ4v) is 2.46. The molecular formula is C18H26O5. The number of rotatable bonds is 11. The molecule has 0 saturated heterocycles. The van der Waals surface area contributed by atoms with E-state index in [4.69, 9.17) is 9.84 Å². The normalized spacial score (nSPS) is 13.3. The van der Waals surface area contributed by atoms with Crippen molar-refractivity contribution in [2.24, 2.45) is 5.41 Å². The highest BCUT2D eigenvalue weighted by atomic mass is 16.5. The van der Waals surface area contributed by atoms with E-state index < -0.39 is 17.4 Å². The number of carboxylic acid groups (broad SMARTS) is 1. The number of carboxylic acids is 1. The predicted octanol–water partition coefficient (Wildman–Crippen LogP) is 2.81. The van der Waals surface area contributed by atoms with Crippen LogP contribution in [-0.4, -0.2) is 35.4 Å². The number of esters is 1. The van der Waals surface area contributed by atoms with Crippen molar-refractivity contribution in [1.29, 1.82) is 0 Å². The zero-order valence-corrected chi connectivity index (χ0v) is 13.7. The number of carbonyl (C=O) groups is 2. The van der Waals surface area contributed by atoms with Gasteiger partial charge in [-0.15, -0.1) is 0 Å². The van der Waals surface area contributed by atoms with Gasteiger partial charge in [0, 0.05) is 6.61 Å². The molecular weight excluding hydrogens is 296 g/mol. The second kappa shape index (κ2) is 10.0. The second-order valence-electron chi connectivity index (χ2n) is 5.72. The van der Waals surface area contributed by atoms with Crippen molar-refractivity contribution in [3.63, 3.8) is 0 Å². The topological polar surface area (TPSA) is 83.8 Å². The molecule has 1 aromatic carbocycles. The Morgan fingerprint density at radius 1 is 1.13 bits per heavy atom. The highest BCUT2D eigenvalue weighted by Crippen LogP contribution is 2.32. The van der Waals surface area contributed by atoms with E-state index in [1.165, 1.54) is 0 Å². The Morgan fingerprint density at radius 2 is 1.83 bits per heavy atom. The van der Waals surface area contributed by atoms with Crippen molar-refractivity contribution in [3.05, 3.63) is 35.9 Å². The molecule has 2 N–H and O–H groups in total. The summed E-state index contributed by atoms with van der Waals surface area (Å²) in [6, 6.07) is 9.10. The van der Waals surface area contributed by atoms with Gasteiger partial charge in [0.25, 0.3) is 0 Å². The average Bonchev–Trinajstić information content (AvgIpc) is 2.55. The van der Waals surface area contributed by atoms with E-state index in [-0.39, 0.29) is 26.1 Å². The molecule has 1 rings (SSSR count). The van der Waals surface area contributed by atoms with Crippen molar-refractivity contribution in [2.75, 3.05) is 13.2 Å². The molecule has 23 heavy (non-hydrogen) atoms. The van der Waals surface area contributed by atoms with Crippen LogP contribution in [0.3, 0.4) is 0 Å². The van der Waals surface area contributed by atoms with E-state index >= 15 is 0 Å². The number of carbonyl (C=O) groups excluding carboxylic acids is 1. The van der Waals surface area contributed by atoms with Gasteiger partial charge in [-0.25, -0.2) is 0 Å². The highest BCUT2D eigenvalue weighted by molar-refractivity contribution is 5.99. The zero-order valence-electron chi connectivity index (χ0n) is 13.7. The molecule has 0 amide bonds. The highest BCUT2D eigenvalue weighted by Gasteiger charge is 2.47. The number of hydrogen-bond donors (Lipinski definition) is 2. The van der Waals surface area contributed by atoms with E-state index in [9.17, 15) is 14.7 Å². The van der Waals surface area contributed by atoms with Gasteiger partial charge < -0.3 is 14.9 Å². The molecule has 0 aliphatic rings. The molecule has 0 radical (unpaired) electrons. The second-order valence-corrected chi connectivity index (χ2v) is 5.72. The molecule has 0 aromatic heterocycles. The molecule has 5 heteroatoms. The molecule has 0 aliphatic carbocycles. The zero-order chi connectivity index (χ0) is 17.1. The molecule has 1 unspecified atom stereocenters. The van der Waals surface area contributed by atoms with E-state index in [0.717, 1.165) is 12.0 Å². The van der Waals surface area contributed by atoms with Crippen LogP contribution in [0.2, 0.25) is 0 Å². The molecule has 1 atom stereocenters. The molecule has 0 aliphatic heterocycles. The molecule has 1 aromatic rings. The SMILES string of the molecule is CCCCOC(=O)C(CCCCO)(Cc1ccccc1)C(=O)O. The third-order valence-electron chi connectivity index (χ3n) is 3.89. The number of ether oxygens (including phenoxy) is 1. The molecule has 0 bridgehead atoms. The summed E-state index contributed by atoms with van der Waals surface area (Å²) in [5.74, 6) is -1.85. The Bertz CT molecular complexity index is 485.